The van der Waals surface area contributed by atoms with Gasteiger partial charge in [-0.15, -0.1) is 0 Å². The summed E-state index contributed by atoms with van der Waals surface area (Å²) in [6.07, 6.45) is 1.89. The highest BCUT2D eigenvalue weighted by atomic mass is 35.5. The molecule has 0 unspecified atom stereocenters. The number of carbonyl (C=O) groups is 1. The number of carbonyl (C=O) groups excluding carboxylic acids is 1. The molecule has 5 nitrogen and oxygen atoms in total. The molecule has 122 valence electrons. The van der Waals surface area contributed by atoms with Gasteiger partial charge in [-0.1, -0.05) is 11.6 Å². The number of hydrogen-bond acceptors (Lipinski definition) is 3. The fraction of sp³-hybridized carbons (Fsp3) is 0.111. The quantitative estimate of drug-likeness (QED) is 0.777. The van der Waals surface area contributed by atoms with E-state index in [1.165, 1.54) is 7.11 Å². The van der Waals surface area contributed by atoms with E-state index in [0.717, 1.165) is 11.4 Å². The van der Waals surface area contributed by atoms with Gasteiger partial charge in [-0.05, 0) is 55.5 Å². The second-order valence-corrected chi connectivity index (χ2v) is 5.68. The minimum Gasteiger partial charge on any atom is -0.496 e. The fourth-order valence-electron chi connectivity index (χ4n) is 2.31. The molecular weight excluding hydrogens is 326 g/mol. The van der Waals surface area contributed by atoms with Crippen LogP contribution in [0.5, 0.6) is 5.75 Å². The van der Waals surface area contributed by atoms with E-state index in [9.17, 15) is 4.79 Å². The summed E-state index contributed by atoms with van der Waals surface area (Å²) in [7, 11) is 1.51. The zero-order chi connectivity index (χ0) is 17.1. The van der Waals surface area contributed by atoms with Gasteiger partial charge in [0.05, 0.1) is 24.1 Å². The number of nitrogens with one attached hydrogen (secondary N) is 1. The van der Waals surface area contributed by atoms with Crippen molar-refractivity contribution >= 4 is 23.2 Å². The first-order chi connectivity index (χ1) is 11.6. The van der Waals surface area contributed by atoms with E-state index in [-0.39, 0.29) is 5.91 Å². The molecule has 1 heterocycles. The van der Waals surface area contributed by atoms with Crippen molar-refractivity contribution in [3.05, 3.63) is 71.0 Å². The fourth-order valence-corrected chi connectivity index (χ4v) is 2.48. The lowest BCUT2D eigenvalue weighted by Crippen LogP contribution is -2.13. The van der Waals surface area contributed by atoms with Crippen molar-refractivity contribution in [2.24, 2.45) is 0 Å². The van der Waals surface area contributed by atoms with Crippen molar-refractivity contribution in [1.29, 1.82) is 0 Å². The van der Waals surface area contributed by atoms with Gasteiger partial charge in [-0.25, -0.2) is 4.68 Å². The van der Waals surface area contributed by atoms with Crippen LogP contribution in [0, 0.1) is 6.92 Å². The van der Waals surface area contributed by atoms with E-state index < -0.39 is 0 Å². The van der Waals surface area contributed by atoms with E-state index >= 15 is 0 Å². The first-order valence-electron chi connectivity index (χ1n) is 7.34. The molecule has 1 amide bonds. The molecule has 0 bridgehead atoms. The van der Waals surface area contributed by atoms with Gasteiger partial charge in [0.1, 0.15) is 5.75 Å². The third kappa shape index (κ3) is 3.41. The van der Waals surface area contributed by atoms with Gasteiger partial charge >= 0.3 is 0 Å². The average Bonchev–Trinajstić information content (AvgIpc) is 3.02. The largest absolute Gasteiger partial charge is 0.496 e. The number of halogens is 1. The smallest absolute Gasteiger partial charge is 0.259 e. The number of hydrogen-bond donors (Lipinski definition) is 1. The minimum atomic E-state index is -0.281. The molecule has 0 radical (unpaired) electrons. The molecule has 3 rings (SSSR count). The summed E-state index contributed by atoms with van der Waals surface area (Å²) in [5, 5.41) is 7.66. The van der Waals surface area contributed by atoms with Crippen LogP contribution in [-0.2, 0) is 0 Å². The van der Waals surface area contributed by atoms with Crippen LogP contribution in [0.25, 0.3) is 5.69 Å². The second-order valence-electron chi connectivity index (χ2n) is 5.25. The summed E-state index contributed by atoms with van der Waals surface area (Å²) >= 11 is 5.97. The van der Waals surface area contributed by atoms with Crippen molar-refractivity contribution in [1.82, 2.24) is 9.78 Å². The average molecular weight is 342 g/mol. The Morgan fingerprint density at radius 1 is 1.17 bits per heavy atom. The predicted molar refractivity (Wildman–Crippen MR) is 94.3 cm³/mol. The van der Waals surface area contributed by atoms with E-state index in [4.69, 9.17) is 16.3 Å². The lowest BCUT2D eigenvalue weighted by Gasteiger charge is -2.10. The number of anilines is 1. The molecule has 6 heteroatoms. The summed E-state index contributed by atoms with van der Waals surface area (Å²) in [4.78, 5) is 12.4. The molecule has 1 aromatic heterocycles. The third-order valence-corrected chi connectivity index (χ3v) is 3.75. The predicted octanol–water partition coefficient (Wildman–Crippen LogP) is 4.10. The van der Waals surface area contributed by atoms with Gasteiger partial charge in [-0.2, -0.15) is 5.10 Å². The van der Waals surface area contributed by atoms with Crippen molar-refractivity contribution in [3.8, 4) is 11.4 Å². The topological polar surface area (TPSA) is 56.1 Å². The maximum Gasteiger partial charge on any atom is 0.259 e. The molecule has 0 aliphatic carbocycles. The Bertz CT molecular complexity index is 872. The van der Waals surface area contributed by atoms with Crippen molar-refractivity contribution in [2.75, 3.05) is 12.4 Å². The van der Waals surface area contributed by atoms with Crippen molar-refractivity contribution < 1.29 is 9.53 Å². The number of nitrogens with zero attached hydrogens (tertiary/aromatic N) is 2. The molecule has 0 atom stereocenters. The highest BCUT2D eigenvalue weighted by Crippen LogP contribution is 2.24. The van der Waals surface area contributed by atoms with Gasteiger partial charge in [0.15, 0.2) is 0 Å². The third-order valence-electron chi connectivity index (χ3n) is 3.52. The molecular formula is C18H16ClN3O2. The van der Waals surface area contributed by atoms with Crippen LogP contribution >= 0.6 is 11.6 Å². The molecule has 2 aromatic carbocycles. The Balaban J connectivity index is 1.79. The Morgan fingerprint density at radius 3 is 2.54 bits per heavy atom. The monoisotopic (exact) mass is 341 g/mol. The van der Waals surface area contributed by atoms with E-state index in [0.29, 0.717) is 22.0 Å². The Hall–Kier alpha value is -2.79. The standard InChI is InChI=1S/C18H16ClN3O2/c1-12-9-10-22(21-12)15-6-4-14(5-7-15)20-18(23)16-11-13(19)3-8-17(16)24-2/h3-11H,1-2H3,(H,20,23). The van der Waals surface area contributed by atoms with Gasteiger partial charge in [-0.3, -0.25) is 4.79 Å². The number of amides is 1. The molecule has 0 spiro atoms. The minimum absolute atomic E-state index is 0.281. The number of aromatic nitrogens is 2. The van der Waals surface area contributed by atoms with Crippen LogP contribution in [0.15, 0.2) is 54.7 Å². The first kappa shape index (κ1) is 16.1. The molecule has 3 aromatic rings. The normalized spacial score (nSPS) is 10.5. The molecule has 24 heavy (non-hydrogen) atoms. The first-order valence-corrected chi connectivity index (χ1v) is 7.72. The number of benzene rings is 2. The van der Waals surface area contributed by atoms with Gasteiger partial charge in [0.25, 0.3) is 5.91 Å². The van der Waals surface area contributed by atoms with E-state index in [1.807, 2.05) is 43.5 Å². The SMILES string of the molecule is COc1ccc(Cl)cc1C(=O)Nc1ccc(-n2ccc(C)n2)cc1. The molecule has 1 N–H and O–H groups in total. The van der Waals surface area contributed by atoms with Gasteiger partial charge < -0.3 is 10.1 Å². The summed E-state index contributed by atoms with van der Waals surface area (Å²) in [6, 6.07) is 14.3. The number of ether oxygens (including phenoxy) is 1. The molecule has 0 saturated heterocycles. The van der Waals surface area contributed by atoms with E-state index in [2.05, 4.69) is 10.4 Å². The Morgan fingerprint density at radius 2 is 1.92 bits per heavy atom. The van der Waals surface area contributed by atoms with Crippen LogP contribution in [0.3, 0.4) is 0 Å². The highest BCUT2D eigenvalue weighted by molar-refractivity contribution is 6.31. The maximum absolute atomic E-state index is 12.4. The Kier molecular flexibility index (Phi) is 4.53. The number of methoxy groups -OCH3 is 1. The van der Waals surface area contributed by atoms with Crippen LogP contribution in [0.1, 0.15) is 16.1 Å². The maximum atomic E-state index is 12.4. The summed E-state index contributed by atoms with van der Waals surface area (Å²) in [5.74, 6) is 0.192. The zero-order valence-electron chi connectivity index (χ0n) is 13.3. The van der Waals surface area contributed by atoms with Crippen molar-refractivity contribution in [2.45, 2.75) is 6.92 Å². The number of aryl methyl sites for hydroxylation is 1. The lowest BCUT2D eigenvalue weighted by molar-refractivity contribution is 0.102. The van der Waals surface area contributed by atoms with Crippen molar-refractivity contribution in [3.63, 3.8) is 0 Å². The summed E-state index contributed by atoms with van der Waals surface area (Å²) in [6.45, 7) is 1.93. The van der Waals surface area contributed by atoms with E-state index in [1.54, 1.807) is 22.9 Å². The van der Waals surface area contributed by atoms with Crippen LogP contribution < -0.4 is 10.1 Å². The second kappa shape index (κ2) is 6.76. The van der Waals surface area contributed by atoms with Crippen LogP contribution in [0.4, 0.5) is 5.69 Å². The Labute approximate surface area is 144 Å². The summed E-state index contributed by atoms with van der Waals surface area (Å²) in [5.41, 5.74) is 2.92. The number of rotatable bonds is 4. The summed E-state index contributed by atoms with van der Waals surface area (Å²) < 4.78 is 6.99. The molecule has 0 saturated carbocycles. The molecule has 0 fully saturated rings. The molecule has 0 aliphatic rings. The lowest BCUT2D eigenvalue weighted by atomic mass is 10.1. The highest BCUT2D eigenvalue weighted by Gasteiger charge is 2.13. The van der Waals surface area contributed by atoms with Gasteiger partial charge in [0.2, 0.25) is 0 Å². The van der Waals surface area contributed by atoms with Gasteiger partial charge in [0, 0.05) is 16.9 Å². The van der Waals surface area contributed by atoms with Crippen LogP contribution in [0.2, 0.25) is 5.02 Å². The zero-order valence-corrected chi connectivity index (χ0v) is 14.0. The van der Waals surface area contributed by atoms with Crippen LogP contribution in [-0.4, -0.2) is 22.8 Å². The molecule has 0 aliphatic heterocycles.